The van der Waals surface area contributed by atoms with E-state index in [2.05, 4.69) is 6.92 Å². The van der Waals surface area contributed by atoms with Crippen LogP contribution < -0.4 is 0 Å². The highest BCUT2D eigenvalue weighted by molar-refractivity contribution is 5.32. The molecule has 0 atom stereocenters. The van der Waals surface area contributed by atoms with Crippen molar-refractivity contribution in [2.24, 2.45) is 0 Å². The first kappa shape index (κ1) is 22.6. The van der Waals surface area contributed by atoms with Crippen LogP contribution in [-0.4, -0.2) is 32.7 Å². The molecule has 0 bridgehead atoms. The number of hydrogen-bond acceptors (Lipinski definition) is 3. The number of halogens is 2. The zero-order chi connectivity index (χ0) is 20.9. The van der Waals surface area contributed by atoms with E-state index in [0.717, 1.165) is 58.0 Å². The molecule has 2 aliphatic carbocycles. The molecule has 29 heavy (non-hydrogen) atoms. The standard InChI is InChI=1S/C24H36F2O3/c1-4-5-16-29-19-8-6-17(7-9-19)20-10-11-21(23(26)22(20)25)18-12-14-24(27-2,28-3)15-13-18/h10-11,17-19H,4-9,12-16H2,1-3H3. The van der Waals surface area contributed by atoms with Gasteiger partial charge < -0.3 is 14.2 Å². The fourth-order valence-electron chi connectivity index (χ4n) is 5.00. The average Bonchev–Trinajstić information content (AvgIpc) is 2.77. The monoisotopic (exact) mass is 410 g/mol. The van der Waals surface area contributed by atoms with Gasteiger partial charge in [0, 0.05) is 33.7 Å². The van der Waals surface area contributed by atoms with Crippen molar-refractivity contribution in [3.05, 3.63) is 34.9 Å². The highest BCUT2D eigenvalue weighted by Gasteiger charge is 2.37. The Kier molecular flexibility index (Phi) is 8.06. The molecule has 0 aliphatic heterocycles. The molecule has 1 aromatic rings. The van der Waals surface area contributed by atoms with Crippen LogP contribution in [-0.2, 0) is 14.2 Å². The van der Waals surface area contributed by atoms with Gasteiger partial charge in [-0.25, -0.2) is 8.78 Å². The van der Waals surface area contributed by atoms with Crippen molar-refractivity contribution in [2.75, 3.05) is 20.8 Å². The molecule has 3 rings (SSSR count). The van der Waals surface area contributed by atoms with Crippen molar-refractivity contribution in [2.45, 2.75) is 94.9 Å². The highest BCUT2D eigenvalue weighted by atomic mass is 19.2. The van der Waals surface area contributed by atoms with Crippen molar-refractivity contribution < 1.29 is 23.0 Å². The minimum atomic E-state index is -0.656. The molecule has 5 heteroatoms. The minimum absolute atomic E-state index is 0.0136. The molecule has 2 aliphatic rings. The molecule has 2 fully saturated rings. The van der Waals surface area contributed by atoms with E-state index in [9.17, 15) is 8.78 Å². The molecule has 0 saturated heterocycles. The van der Waals surface area contributed by atoms with E-state index >= 15 is 0 Å². The molecule has 0 N–H and O–H groups in total. The average molecular weight is 411 g/mol. The summed E-state index contributed by atoms with van der Waals surface area (Å²) in [6.07, 6.45) is 8.91. The summed E-state index contributed by atoms with van der Waals surface area (Å²) in [4.78, 5) is 0. The first-order valence-electron chi connectivity index (χ1n) is 11.2. The topological polar surface area (TPSA) is 27.7 Å². The van der Waals surface area contributed by atoms with Crippen LogP contribution in [0.5, 0.6) is 0 Å². The lowest BCUT2D eigenvalue weighted by molar-refractivity contribution is -0.224. The molecule has 0 unspecified atom stereocenters. The summed E-state index contributed by atoms with van der Waals surface area (Å²) < 4.78 is 46.9. The number of ether oxygens (including phenoxy) is 3. The number of methoxy groups -OCH3 is 2. The van der Waals surface area contributed by atoms with Crippen LogP contribution in [0, 0.1) is 11.6 Å². The Morgan fingerprint density at radius 3 is 1.86 bits per heavy atom. The Balaban J connectivity index is 1.62. The van der Waals surface area contributed by atoms with Gasteiger partial charge >= 0.3 is 0 Å². The van der Waals surface area contributed by atoms with Crippen molar-refractivity contribution in [3.63, 3.8) is 0 Å². The Labute approximate surface area is 174 Å². The van der Waals surface area contributed by atoms with E-state index in [1.165, 1.54) is 0 Å². The number of benzene rings is 1. The fourth-order valence-corrected chi connectivity index (χ4v) is 5.00. The SMILES string of the molecule is CCCCOC1CCC(c2ccc(C3CCC(OC)(OC)CC3)c(F)c2F)CC1. The van der Waals surface area contributed by atoms with E-state index in [1.807, 2.05) is 12.1 Å². The molecule has 0 spiro atoms. The quantitative estimate of drug-likeness (QED) is 0.364. The first-order chi connectivity index (χ1) is 14.0. The highest BCUT2D eigenvalue weighted by Crippen LogP contribution is 2.43. The van der Waals surface area contributed by atoms with Gasteiger partial charge in [-0.3, -0.25) is 0 Å². The van der Waals surface area contributed by atoms with E-state index < -0.39 is 17.4 Å². The number of hydrogen-bond donors (Lipinski definition) is 0. The van der Waals surface area contributed by atoms with Crippen molar-refractivity contribution in [1.82, 2.24) is 0 Å². The van der Waals surface area contributed by atoms with Crippen molar-refractivity contribution >= 4 is 0 Å². The van der Waals surface area contributed by atoms with Crippen LogP contribution in [0.1, 0.15) is 94.1 Å². The third kappa shape index (κ3) is 5.18. The van der Waals surface area contributed by atoms with E-state index in [4.69, 9.17) is 14.2 Å². The maximum atomic E-state index is 15.0. The second-order valence-corrected chi connectivity index (χ2v) is 8.66. The van der Waals surface area contributed by atoms with Gasteiger partial charge in [-0.05, 0) is 67.9 Å². The fraction of sp³-hybridized carbons (Fsp3) is 0.750. The number of unbranched alkanes of at least 4 members (excludes halogenated alkanes) is 1. The molecule has 2 saturated carbocycles. The number of rotatable bonds is 8. The molecule has 0 aromatic heterocycles. The van der Waals surface area contributed by atoms with E-state index in [0.29, 0.717) is 24.0 Å². The van der Waals surface area contributed by atoms with Gasteiger partial charge in [0.15, 0.2) is 17.4 Å². The maximum absolute atomic E-state index is 15.0. The minimum Gasteiger partial charge on any atom is -0.378 e. The predicted octanol–water partition coefficient (Wildman–Crippen LogP) is 6.45. The van der Waals surface area contributed by atoms with Crippen LogP contribution in [0.25, 0.3) is 0 Å². The summed E-state index contributed by atoms with van der Waals surface area (Å²) in [5.74, 6) is -1.78. The van der Waals surface area contributed by atoms with Gasteiger partial charge in [-0.15, -0.1) is 0 Å². The summed E-state index contributed by atoms with van der Waals surface area (Å²) in [5.41, 5.74) is 1.04. The Bertz CT molecular complexity index is 642. The lowest BCUT2D eigenvalue weighted by Gasteiger charge is -2.38. The van der Waals surface area contributed by atoms with Gasteiger partial charge in [-0.1, -0.05) is 25.5 Å². The van der Waals surface area contributed by atoms with Crippen LogP contribution >= 0.6 is 0 Å². The van der Waals surface area contributed by atoms with E-state index in [1.54, 1.807) is 14.2 Å². The molecule has 3 nitrogen and oxygen atoms in total. The lowest BCUT2D eigenvalue weighted by Crippen LogP contribution is -2.37. The van der Waals surface area contributed by atoms with Crippen LogP contribution in [0.2, 0.25) is 0 Å². The van der Waals surface area contributed by atoms with Crippen molar-refractivity contribution in [1.29, 1.82) is 0 Å². The zero-order valence-electron chi connectivity index (χ0n) is 18.1. The normalized spacial score (nSPS) is 25.3. The second kappa shape index (κ2) is 10.3. The van der Waals surface area contributed by atoms with Crippen LogP contribution in [0.3, 0.4) is 0 Å². The molecule has 0 amide bonds. The zero-order valence-corrected chi connectivity index (χ0v) is 18.1. The molecule has 0 heterocycles. The van der Waals surface area contributed by atoms with E-state index in [-0.39, 0.29) is 17.9 Å². The maximum Gasteiger partial charge on any atom is 0.167 e. The van der Waals surface area contributed by atoms with Gasteiger partial charge in [-0.2, -0.15) is 0 Å². The Hall–Kier alpha value is -1.04. The largest absolute Gasteiger partial charge is 0.378 e. The van der Waals surface area contributed by atoms with Gasteiger partial charge in [0.2, 0.25) is 0 Å². The third-order valence-electron chi connectivity index (χ3n) is 7.04. The van der Waals surface area contributed by atoms with Gasteiger partial charge in [0.1, 0.15) is 0 Å². The summed E-state index contributed by atoms with van der Waals surface area (Å²) >= 11 is 0. The Morgan fingerprint density at radius 2 is 1.38 bits per heavy atom. The summed E-state index contributed by atoms with van der Waals surface area (Å²) in [6.45, 7) is 2.96. The summed E-state index contributed by atoms with van der Waals surface area (Å²) in [7, 11) is 3.28. The third-order valence-corrected chi connectivity index (χ3v) is 7.04. The van der Waals surface area contributed by atoms with Crippen LogP contribution in [0.15, 0.2) is 12.1 Å². The summed E-state index contributed by atoms with van der Waals surface area (Å²) in [6, 6.07) is 3.64. The molecular formula is C24H36F2O3. The first-order valence-corrected chi connectivity index (χ1v) is 11.2. The second-order valence-electron chi connectivity index (χ2n) is 8.66. The molecule has 1 aromatic carbocycles. The van der Waals surface area contributed by atoms with Gasteiger partial charge in [0.05, 0.1) is 6.10 Å². The molecular weight excluding hydrogens is 374 g/mol. The molecule has 164 valence electrons. The molecule has 0 radical (unpaired) electrons. The van der Waals surface area contributed by atoms with Crippen LogP contribution in [0.4, 0.5) is 8.78 Å². The predicted molar refractivity (Wildman–Crippen MR) is 110 cm³/mol. The van der Waals surface area contributed by atoms with Crippen molar-refractivity contribution in [3.8, 4) is 0 Å². The summed E-state index contributed by atoms with van der Waals surface area (Å²) in [5, 5.41) is 0. The smallest absolute Gasteiger partial charge is 0.167 e. The Morgan fingerprint density at radius 1 is 0.862 bits per heavy atom. The lowest BCUT2D eigenvalue weighted by atomic mass is 9.78. The van der Waals surface area contributed by atoms with Gasteiger partial charge in [0.25, 0.3) is 0 Å².